The van der Waals surface area contributed by atoms with Crippen molar-refractivity contribution in [2.24, 2.45) is 0 Å². The van der Waals surface area contributed by atoms with Gasteiger partial charge in [0.15, 0.2) is 17.5 Å². The molecule has 0 aliphatic rings. The molecule has 3 aromatic heterocycles. The van der Waals surface area contributed by atoms with Crippen molar-refractivity contribution in [3.63, 3.8) is 0 Å². The molecule has 7 aromatic carbocycles. The molecule has 0 aliphatic heterocycles. The van der Waals surface area contributed by atoms with Gasteiger partial charge in [-0.3, -0.25) is 0 Å². The number of para-hydroxylation sites is 2. The Kier molecular flexibility index (Phi) is 6.01. The third kappa shape index (κ3) is 4.25. The lowest BCUT2D eigenvalue weighted by Crippen LogP contribution is -2.01. The quantitative estimate of drug-likeness (QED) is 0.194. The molecule has 10 aromatic rings. The summed E-state index contributed by atoms with van der Waals surface area (Å²) in [6.45, 7) is 0. The number of thiophene rings is 1. The fraction of sp³-hybridized carbons (Fsp3) is 0. The van der Waals surface area contributed by atoms with E-state index >= 15 is 0 Å². The Morgan fingerprint density at radius 2 is 1.00 bits per heavy atom. The van der Waals surface area contributed by atoms with E-state index in [0.717, 1.165) is 49.8 Å². The van der Waals surface area contributed by atoms with Crippen LogP contribution in [-0.2, 0) is 0 Å². The second-order valence-corrected chi connectivity index (χ2v) is 13.1. The summed E-state index contributed by atoms with van der Waals surface area (Å²) in [5.74, 6) is 1.80. The van der Waals surface area contributed by atoms with E-state index in [4.69, 9.17) is 19.4 Å². The first kappa shape index (κ1) is 27.0. The minimum Gasteiger partial charge on any atom is -0.455 e. The van der Waals surface area contributed by atoms with Crippen LogP contribution < -0.4 is 0 Å². The van der Waals surface area contributed by atoms with Gasteiger partial charge in [-0.15, -0.1) is 11.3 Å². The molecule has 0 N–H and O–H groups in total. The number of benzene rings is 7. The number of nitrogens with zero attached hydrogens (tertiary/aromatic N) is 3. The molecular formula is C43H25N3OS. The molecule has 0 saturated heterocycles. The van der Waals surface area contributed by atoms with Gasteiger partial charge in [0, 0.05) is 42.1 Å². The van der Waals surface area contributed by atoms with Crippen LogP contribution >= 0.6 is 11.3 Å². The van der Waals surface area contributed by atoms with Gasteiger partial charge in [0.25, 0.3) is 0 Å². The standard InChI is InChI=1S/C43H25N3OS/c1-2-13-28-26(11-1)12-9-18-29(28)30-14-3-4-17-34(30)42-44-41(27-23-24-39-36(25-27)32-16-6-8-22-38(32)48-39)45-43(46-42)35-20-10-19-33-31-15-5-7-21-37(31)47-40(33)35/h1-25H. The van der Waals surface area contributed by atoms with E-state index < -0.39 is 0 Å². The molecule has 0 fully saturated rings. The Hall–Kier alpha value is -6.17. The highest BCUT2D eigenvalue weighted by molar-refractivity contribution is 7.25. The van der Waals surface area contributed by atoms with Crippen LogP contribution in [0.2, 0.25) is 0 Å². The van der Waals surface area contributed by atoms with Crippen LogP contribution in [0.3, 0.4) is 0 Å². The zero-order valence-corrected chi connectivity index (χ0v) is 26.4. The van der Waals surface area contributed by atoms with E-state index in [2.05, 4.69) is 127 Å². The summed E-state index contributed by atoms with van der Waals surface area (Å²) in [6, 6.07) is 52.7. The van der Waals surface area contributed by atoms with E-state index in [1.807, 2.05) is 24.3 Å². The Balaban J connectivity index is 1.25. The normalized spacial score (nSPS) is 11.8. The molecule has 3 heterocycles. The van der Waals surface area contributed by atoms with Crippen molar-refractivity contribution in [2.45, 2.75) is 0 Å². The molecule has 0 amide bonds. The van der Waals surface area contributed by atoms with Crippen molar-refractivity contribution in [1.82, 2.24) is 15.0 Å². The molecule has 0 atom stereocenters. The van der Waals surface area contributed by atoms with Gasteiger partial charge in [-0.2, -0.15) is 0 Å². The van der Waals surface area contributed by atoms with E-state index in [1.165, 1.54) is 30.9 Å². The molecule has 0 aliphatic carbocycles. The molecule has 10 rings (SSSR count). The van der Waals surface area contributed by atoms with Crippen molar-refractivity contribution >= 4 is 64.2 Å². The predicted molar refractivity (Wildman–Crippen MR) is 199 cm³/mol. The van der Waals surface area contributed by atoms with Gasteiger partial charge < -0.3 is 4.42 Å². The maximum atomic E-state index is 6.47. The number of furan rings is 1. The van der Waals surface area contributed by atoms with E-state index in [1.54, 1.807) is 11.3 Å². The van der Waals surface area contributed by atoms with Gasteiger partial charge in [-0.05, 0) is 58.3 Å². The van der Waals surface area contributed by atoms with Crippen molar-refractivity contribution in [1.29, 1.82) is 0 Å². The fourth-order valence-electron chi connectivity index (χ4n) is 6.91. The summed E-state index contributed by atoms with van der Waals surface area (Å²) in [6.07, 6.45) is 0. The second kappa shape index (κ2) is 10.7. The van der Waals surface area contributed by atoms with Crippen molar-refractivity contribution < 1.29 is 4.42 Å². The first-order chi connectivity index (χ1) is 23.8. The van der Waals surface area contributed by atoms with Crippen LogP contribution in [0.25, 0.3) is 98.2 Å². The molecule has 0 unspecified atom stereocenters. The molecular weight excluding hydrogens is 607 g/mol. The average Bonchev–Trinajstić information content (AvgIpc) is 3.72. The van der Waals surface area contributed by atoms with Crippen molar-refractivity contribution in [3.8, 4) is 45.3 Å². The number of hydrogen-bond acceptors (Lipinski definition) is 5. The lowest BCUT2D eigenvalue weighted by molar-refractivity contribution is 0.669. The summed E-state index contributed by atoms with van der Waals surface area (Å²) in [7, 11) is 0. The number of aromatic nitrogens is 3. The summed E-state index contributed by atoms with van der Waals surface area (Å²) in [4.78, 5) is 15.6. The second-order valence-electron chi connectivity index (χ2n) is 12.0. The van der Waals surface area contributed by atoms with Crippen LogP contribution in [-0.4, -0.2) is 15.0 Å². The summed E-state index contributed by atoms with van der Waals surface area (Å²) >= 11 is 1.80. The smallest absolute Gasteiger partial charge is 0.167 e. The zero-order valence-electron chi connectivity index (χ0n) is 25.6. The third-order valence-electron chi connectivity index (χ3n) is 9.16. The first-order valence-corrected chi connectivity index (χ1v) is 16.8. The van der Waals surface area contributed by atoms with Gasteiger partial charge in [0.1, 0.15) is 11.2 Å². The van der Waals surface area contributed by atoms with Crippen molar-refractivity contribution in [3.05, 3.63) is 152 Å². The Labute approximate surface area is 279 Å². The highest BCUT2D eigenvalue weighted by Crippen LogP contribution is 2.40. The molecule has 4 nitrogen and oxygen atoms in total. The van der Waals surface area contributed by atoms with Gasteiger partial charge in [-0.25, -0.2) is 15.0 Å². The van der Waals surface area contributed by atoms with Gasteiger partial charge in [-0.1, -0.05) is 115 Å². The van der Waals surface area contributed by atoms with Gasteiger partial charge >= 0.3 is 0 Å². The molecule has 5 heteroatoms. The molecule has 0 saturated carbocycles. The average molecular weight is 632 g/mol. The Morgan fingerprint density at radius 1 is 0.396 bits per heavy atom. The predicted octanol–water partition coefficient (Wildman–Crippen LogP) is 12.0. The lowest BCUT2D eigenvalue weighted by Gasteiger charge is -2.13. The van der Waals surface area contributed by atoms with Gasteiger partial charge in [0.05, 0.1) is 5.56 Å². The first-order valence-electron chi connectivity index (χ1n) is 15.9. The third-order valence-corrected chi connectivity index (χ3v) is 10.3. The van der Waals surface area contributed by atoms with E-state index in [0.29, 0.717) is 17.5 Å². The molecule has 0 radical (unpaired) electrons. The molecule has 224 valence electrons. The summed E-state index contributed by atoms with van der Waals surface area (Å²) in [5.41, 5.74) is 6.52. The monoisotopic (exact) mass is 631 g/mol. The van der Waals surface area contributed by atoms with Crippen LogP contribution in [0.1, 0.15) is 0 Å². The van der Waals surface area contributed by atoms with Crippen molar-refractivity contribution in [2.75, 3.05) is 0 Å². The van der Waals surface area contributed by atoms with Crippen LogP contribution in [0.15, 0.2) is 156 Å². The molecule has 48 heavy (non-hydrogen) atoms. The van der Waals surface area contributed by atoms with Crippen LogP contribution in [0, 0.1) is 0 Å². The van der Waals surface area contributed by atoms with E-state index in [9.17, 15) is 0 Å². The Morgan fingerprint density at radius 3 is 1.92 bits per heavy atom. The maximum Gasteiger partial charge on any atom is 0.167 e. The minimum atomic E-state index is 0.572. The van der Waals surface area contributed by atoms with Crippen LogP contribution in [0.5, 0.6) is 0 Å². The topological polar surface area (TPSA) is 51.8 Å². The largest absolute Gasteiger partial charge is 0.455 e. The summed E-state index contributed by atoms with van der Waals surface area (Å²) in [5, 5.41) is 6.92. The molecule has 0 bridgehead atoms. The number of hydrogen-bond donors (Lipinski definition) is 0. The minimum absolute atomic E-state index is 0.572. The number of fused-ring (bicyclic) bond motifs is 7. The van der Waals surface area contributed by atoms with Crippen LogP contribution in [0.4, 0.5) is 0 Å². The fourth-order valence-corrected chi connectivity index (χ4v) is 7.99. The maximum absolute atomic E-state index is 6.47. The number of rotatable bonds is 4. The van der Waals surface area contributed by atoms with Gasteiger partial charge in [0.2, 0.25) is 0 Å². The Bertz CT molecular complexity index is 2860. The SMILES string of the molecule is c1ccc(-c2cccc3ccccc23)c(-c2nc(-c3ccc4sc5ccccc5c4c3)nc(-c3cccc4c3oc3ccccc34)n2)c1. The zero-order chi connectivity index (χ0) is 31.6. The lowest BCUT2D eigenvalue weighted by atomic mass is 9.94. The summed E-state index contributed by atoms with van der Waals surface area (Å²) < 4.78 is 8.97. The molecule has 0 spiro atoms. The van der Waals surface area contributed by atoms with E-state index in [-0.39, 0.29) is 0 Å². The highest BCUT2D eigenvalue weighted by Gasteiger charge is 2.20. The highest BCUT2D eigenvalue weighted by atomic mass is 32.1.